The number of carbonyl (C=O) groups excluding carboxylic acids is 2. The number of piperazine rings is 1. The number of amides is 2. The number of likely N-dealkylation sites (N-methyl/N-ethyl adjacent to an activating group) is 1. The van der Waals surface area contributed by atoms with Gasteiger partial charge in [0.2, 0.25) is 0 Å². The molecule has 7 nitrogen and oxygen atoms in total. The van der Waals surface area contributed by atoms with Crippen molar-refractivity contribution in [3.8, 4) is 10.6 Å². The second-order valence-corrected chi connectivity index (χ2v) is 8.07. The van der Waals surface area contributed by atoms with E-state index in [1.807, 2.05) is 46.7 Å². The Kier molecular flexibility index (Phi) is 5.73. The van der Waals surface area contributed by atoms with Gasteiger partial charge < -0.3 is 15.1 Å². The predicted octanol–water partition coefficient (Wildman–Crippen LogP) is 2.46. The van der Waals surface area contributed by atoms with Crippen LogP contribution in [0.4, 0.5) is 0 Å². The van der Waals surface area contributed by atoms with Crippen LogP contribution in [0, 0.1) is 0 Å². The Morgan fingerprint density at radius 1 is 1.14 bits per heavy atom. The number of rotatable bonds is 5. The third-order valence-electron chi connectivity index (χ3n) is 5.04. The summed E-state index contributed by atoms with van der Waals surface area (Å²) in [4.78, 5) is 30.1. The fraction of sp³-hybridized carbons (Fsp3) is 0.286. The van der Waals surface area contributed by atoms with Gasteiger partial charge in [0, 0.05) is 38.3 Å². The SMILES string of the molecule is CN1CCN(C(=O)c2ccc(CNC(=O)c3cc(-c4cccs4)[nH]n3)cc2)CC1. The zero-order valence-corrected chi connectivity index (χ0v) is 17.0. The van der Waals surface area contributed by atoms with E-state index in [0.717, 1.165) is 42.3 Å². The topological polar surface area (TPSA) is 81.3 Å². The molecule has 2 aromatic heterocycles. The third kappa shape index (κ3) is 4.55. The highest BCUT2D eigenvalue weighted by Crippen LogP contribution is 2.22. The number of nitrogens with zero attached hydrogens (tertiary/aromatic N) is 3. The molecular weight excluding hydrogens is 386 g/mol. The Balaban J connectivity index is 1.32. The molecule has 0 atom stereocenters. The Bertz CT molecular complexity index is 973. The number of H-pyrrole nitrogens is 1. The summed E-state index contributed by atoms with van der Waals surface area (Å²) in [5, 5.41) is 11.8. The molecule has 0 spiro atoms. The Labute approximate surface area is 173 Å². The van der Waals surface area contributed by atoms with Gasteiger partial charge in [-0.05, 0) is 42.3 Å². The number of hydrogen-bond acceptors (Lipinski definition) is 5. The number of aromatic nitrogens is 2. The van der Waals surface area contributed by atoms with E-state index in [-0.39, 0.29) is 11.8 Å². The minimum absolute atomic E-state index is 0.0614. The molecule has 0 radical (unpaired) electrons. The molecule has 3 heterocycles. The summed E-state index contributed by atoms with van der Waals surface area (Å²) in [6.07, 6.45) is 0. The van der Waals surface area contributed by atoms with Gasteiger partial charge in [-0.2, -0.15) is 5.10 Å². The Hall–Kier alpha value is -2.97. The van der Waals surface area contributed by atoms with Crippen LogP contribution in [0.1, 0.15) is 26.4 Å². The molecule has 2 N–H and O–H groups in total. The molecule has 0 aliphatic carbocycles. The van der Waals surface area contributed by atoms with E-state index in [1.54, 1.807) is 17.4 Å². The van der Waals surface area contributed by atoms with Gasteiger partial charge in [-0.1, -0.05) is 18.2 Å². The lowest BCUT2D eigenvalue weighted by atomic mass is 10.1. The lowest BCUT2D eigenvalue weighted by Gasteiger charge is -2.32. The molecule has 1 saturated heterocycles. The van der Waals surface area contributed by atoms with Gasteiger partial charge >= 0.3 is 0 Å². The predicted molar refractivity (Wildman–Crippen MR) is 113 cm³/mol. The van der Waals surface area contributed by atoms with Crippen LogP contribution in [0.5, 0.6) is 0 Å². The fourth-order valence-electron chi connectivity index (χ4n) is 3.23. The summed E-state index contributed by atoms with van der Waals surface area (Å²) in [5.41, 5.74) is 2.80. The van der Waals surface area contributed by atoms with Gasteiger partial charge in [-0.25, -0.2) is 0 Å². The van der Waals surface area contributed by atoms with Crippen molar-refractivity contribution in [1.82, 2.24) is 25.3 Å². The number of nitrogens with one attached hydrogen (secondary N) is 2. The summed E-state index contributed by atoms with van der Waals surface area (Å²) in [6, 6.07) is 13.1. The fourth-order valence-corrected chi connectivity index (χ4v) is 3.92. The van der Waals surface area contributed by atoms with Crippen molar-refractivity contribution in [2.75, 3.05) is 33.2 Å². The number of aromatic amines is 1. The zero-order valence-electron chi connectivity index (χ0n) is 16.2. The standard InChI is InChI=1S/C21H23N5O2S/c1-25-8-10-26(11-9-25)21(28)16-6-4-15(5-7-16)14-22-20(27)18-13-17(23-24-18)19-3-2-12-29-19/h2-7,12-13H,8-11,14H2,1H3,(H,22,27)(H,23,24). The summed E-state index contributed by atoms with van der Waals surface area (Å²) in [7, 11) is 2.07. The van der Waals surface area contributed by atoms with Gasteiger partial charge in [-0.3, -0.25) is 14.7 Å². The van der Waals surface area contributed by atoms with E-state index in [4.69, 9.17) is 0 Å². The van der Waals surface area contributed by atoms with Crippen LogP contribution >= 0.6 is 11.3 Å². The highest BCUT2D eigenvalue weighted by Gasteiger charge is 2.20. The maximum atomic E-state index is 12.6. The highest BCUT2D eigenvalue weighted by molar-refractivity contribution is 7.13. The third-order valence-corrected chi connectivity index (χ3v) is 5.94. The second-order valence-electron chi connectivity index (χ2n) is 7.12. The first-order valence-corrected chi connectivity index (χ1v) is 10.4. The van der Waals surface area contributed by atoms with Gasteiger partial charge in [0.05, 0.1) is 10.6 Å². The van der Waals surface area contributed by atoms with E-state index in [0.29, 0.717) is 17.8 Å². The molecule has 29 heavy (non-hydrogen) atoms. The van der Waals surface area contributed by atoms with Gasteiger partial charge in [-0.15, -0.1) is 11.3 Å². The quantitative estimate of drug-likeness (QED) is 0.678. The van der Waals surface area contributed by atoms with E-state index in [1.165, 1.54) is 0 Å². The molecule has 1 aliphatic rings. The highest BCUT2D eigenvalue weighted by atomic mass is 32.1. The molecule has 4 rings (SSSR count). The maximum absolute atomic E-state index is 12.6. The largest absolute Gasteiger partial charge is 0.347 e. The molecule has 1 aromatic carbocycles. The first-order valence-electron chi connectivity index (χ1n) is 9.54. The minimum Gasteiger partial charge on any atom is -0.347 e. The van der Waals surface area contributed by atoms with Crippen molar-refractivity contribution in [1.29, 1.82) is 0 Å². The monoisotopic (exact) mass is 409 g/mol. The molecule has 2 amide bonds. The first kappa shape index (κ1) is 19.4. The summed E-state index contributed by atoms with van der Waals surface area (Å²) >= 11 is 1.59. The molecular formula is C21H23N5O2S. The maximum Gasteiger partial charge on any atom is 0.272 e. The van der Waals surface area contributed by atoms with Crippen LogP contribution in [0.15, 0.2) is 47.8 Å². The van der Waals surface area contributed by atoms with E-state index in [2.05, 4.69) is 27.5 Å². The van der Waals surface area contributed by atoms with Gasteiger partial charge in [0.15, 0.2) is 5.69 Å². The molecule has 0 unspecified atom stereocenters. The van der Waals surface area contributed by atoms with Crippen molar-refractivity contribution in [2.45, 2.75) is 6.54 Å². The number of benzene rings is 1. The molecule has 0 bridgehead atoms. The Morgan fingerprint density at radius 2 is 1.90 bits per heavy atom. The first-order chi connectivity index (χ1) is 14.1. The summed E-state index contributed by atoms with van der Waals surface area (Å²) in [6.45, 7) is 3.69. The van der Waals surface area contributed by atoms with Gasteiger partial charge in [0.1, 0.15) is 0 Å². The van der Waals surface area contributed by atoms with Gasteiger partial charge in [0.25, 0.3) is 11.8 Å². The van der Waals surface area contributed by atoms with E-state index in [9.17, 15) is 9.59 Å². The minimum atomic E-state index is -0.235. The van der Waals surface area contributed by atoms with Crippen LogP contribution in [-0.4, -0.2) is 65.0 Å². The average Bonchev–Trinajstić information content (AvgIpc) is 3.44. The molecule has 1 aliphatic heterocycles. The number of hydrogen-bond donors (Lipinski definition) is 2. The Morgan fingerprint density at radius 3 is 2.59 bits per heavy atom. The van der Waals surface area contributed by atoms with Crippen LogP contribution in [0.2, 0.25) is 0 Å². The van der Waals surface area contributed by atoms with Crippen LogP contribution in [0.25, 0.3) is 10.6 Å². The zero-order chi connectivity index (χ0) is 20.2. The van der Waals surface area contributed by atoms with Crippen molar-refractivity contribution in [2.24, 2.45) is 0 Å². The van der Waals surface area contributed by atoms with Crippen LogP contribution in [0.3, 0.4) is 0 Å². The number of carbonyl (C=O) groups is 2. The number of thiophene rings is 1. The summed E-state index contributed by atoms with van der Waals surface area (Å²) < 4.78 is 0. The molecule has 150 valence electrons. The normalized spacial score (nSPS) is 14.7. The smallest absolute Gasteiger partial charge is 0.272 e. The van der Waals surface area contributed by atoms with Crippen molar-refractivity contribution < 1.29 is 9.59 Å². The lowest BCUT2D eigenvalue weighted by Crippen LogP contribution is -2.47. The lowest BCUT2D eigenvalue weighted by molar-refractivity contribution is 0.0664. The molecule has 1 fully saturated rings. The van der Waals surface area contributed by atoms with Crippen molar-refractivity contribution >= 4 is 23.2 Å². The summed E-state index contributed by atoms with van der Waals surface area (Å²) in [5.74, 6) is -0.173. The molecule has 3 aromatic rings. The van der Waals surface area contributed by atoms with Crippen molar-refractivity contribution in [3.05, 3.63) is 64.7 Å². The van der Waals surface area contributed by atoms with Crippen LogP contribution in [-0.2, 0) is 6.54 Å². The van der Waals surface area contributed by atoms with Crippen LogP contribution < -0.4 is 5.32 Å². The van der Waals surface area contributed by atoms with Crippen molar-refractivity contribution in [3.63, 3.8) is 0 Å². The van der Waals surface area contributed by atoms with E-state index < -0.39 is 0 Å². The second kappa shape index (κ2) is 8.59. The van der Waals surface area contributed by atoms with E-state index >= 15 is 0 Å². The average molecular weight is 410 g/mol. The molecule has 8 heteroatoms. The molecule has 0 saturated carbocycles.